The molecule has 4 nitrogen and oxygen atoms in total. The molecule has 1 heterocycles. The van der Waals surface area contributed by atoms with Crippen molar-refractivity contribution in [1.82, 2.24) is 10.2 Å². The molecule has 5 heteroatoms. The summed E-state index contributed by atoms with van der Waals surface area (Å²) >= 11 is 6.09. The Bertz CT molecular complexity index is 944. The van der Waals surface area contributed by atoms with Gasteiger partial charge in [0, 0.05) is 23.8 Å². The molecule has 4 rings (SSSR count). The van der Waals surface area contributed by atoms with Crippen molar-refractivity contribution in [2.75, 3.05) is 38.0 Å². The van der Waals surface area contributed by atoms with Gasteiger partial charge in [-0.05, 0) is 99.0 Å². The molecule has 0 unspecified atom stereocenters. The van der Waals surface area contributed by atoms with Crippen LogP contribution in [-0.2, 0) is 10.2 Å². The van der Waals surface area contributed by atoms with Crippen LogP contribution in [-0.4, -0.2) is 43.5 Å². The highest BCUT2D eigenvalue weighted by Crippen LogP contribution is 2.41. The minimum Gasteiger partial charge on any atom is -0.385 e. The number of piperidine rings is 1. The van der Waals surface area contributed by atoms with Crippen LogP contribution < -0.4 is 10.6 Å². The number of anilines is 1. The van der Waals surface area contributed by atoms with Crippen LogP contribution in [0.1, 0.15) is 75.8 Å². The Hall–Kier alpha value is -2.04. The van der Waals surface area contributed by atoms with Gasteiger partial charge in [0.2, 0.25) is 5.91 Å². The van der Waals surface area contributed by atoms with Gasteiger partial charge in [-0.2, -0.15) is 0 Å². The summed E-state index contributed by atoms with van der Waals surface area (Å²) in [6, 6.07) is 16.9. The molecular weight excluding hydrogens is 454 g/mol. The maximum atomic E-state index is 13.3. The van der Waals surface area contributed by atoms with E-state index in [1.807, 2.05) is 24.3 Å². The van der Waals surface area contributed by atoms with E-state index in [-0.39, 0.29) is 11.3 Å². The first-order valence-electron chi connectivity index (χ1n) is 13.6. The van der Waals surface area contributed by atoms with Crippen LogP contribution in [0, 0.1) is 5.92 Å². The monoisotopic (exact) mass is 495 g/mol. The molecule has 0 atom stereocenters. The molecule has 190 valence electrons. The van der Waals surface area contributed by atoms with Gasteiger partial charge >= 0.3 is 0 Å². The maximum absolute atomic E-state index is 13.3. The van der Waals surface area contributed by atoms with E-state index in [0.717, 1.165) is 75.4 Å². The van der Waals surface area contributed by atoms with E-state index in [1.54, 1.807) is 0 Å². The van der Waals surface area contributed by atoms with Gasteiger partial charge < -0.3 is 15.5 Å². The van der Waals surface area contributed by atoms with E-state index < -0.39 is 0 Å². The minimum absolute atomic E-state index is 0.196. The summed E-state index contributed by atoms with van der Waals surface area (Å²) in [6.07, 6.45) is 7.51. The fourth-order valence-corrected chi connectivity index (χ4v) is 5.91. The van der Waals surface area contributed by atoms with Crippen molar-refractivity contribution in [3.05, 3.63) is 64.7 Å². The molecule has 1 saturated carbocycles. The van der Waals surface area contributed by atoms with Crippen molar-refractivity contribution in [2.24, 2.45) is 5.92 Å². The Kier molecular flexibility index (Phi) is 9.13. The van der Waals surface area contributed by atoms with Gasteiger partial charge in [0.05, 0.1) is 5.41 Å². The molecule has 1 saturated heterocycles. The summed E-state index contributed by atoms with van der Waals surface area (Å²) in [5.41, 5.74) is 3.45. The van der Waals surface area contributed by atoms with Crippen LogP contribution >= 0.6 is 11.6 Å². The molecule has 2 N–H and O–H groups in total. The third-order valence-electron chi connectivity index (χ3n) is 7.89. The lowest BCUT2D eigenvalue weighted by atomic mass is 9.78. The van der Waals surface area contributed by atoms with Gasteiger partial charge in [0.25, 0.3) is 0 Å². The van der Waals surface area contributed by atoms with Crippen LogP contribution in [0.3, 0.4) is 0 Å². The molecule has 1 aliphatic heterocycles. The largest absolute Gasteiger partial charge is 0.385 e. The maximum Gasteiger partial charge on any atom is 0.230 e. The Morgan fingerprint density at radius 2 is 1.80 bits per heavy atom. The topological polar surface area (TPSA) is 44.4 Å². The predicted molar refractivity (Wildman–Crippen MR) is 147 cm³/mol. The highest BCUT2D eigenvalue weighted by Gasteiger charge is 2.42. The van der Waals surface area contributed by atoms with Crippen LogP contribution in [0.25, 0.3) is 0 Å². The lowest BCUT2D eigenvalue weighted by Gasteiger charge is -2.32. The Morgan fingerprint density at radius 1 is 1.09 bits per heavy atom. The lowest BCUT2D eigenvalue weighted by molar-refractivity contribution is -0.126. The first kappa shape index (κ1) is 26.0. The van der Waals surface area contributed by atoms with E-state index in [9.17, 15) is 4.79 Å². The number of likely N-dealkylation sites (tertiary alicyclic amines) is 1. The number of benzene rings is 2. The molecule has 0 aromatic heterocycles. The zero-order chi connectivity index (χ0) is 24.7. The SMILES string of the molecule is CC(C)CNc1cccc(C2CCN(CCCNC(=O)C3(c4ccc(Cl)cc4)CCCC3)CC2)c1. The highest BCUT2D eigenvalue weighted by molar-refractivity contribution is 6.30. The van der Waals surface area contributed by atoms with E-state index >= 15 is 0 Å². The third kappa shape index (κ3) is 6.80. The van der Waals surface area contributed by atoms with Gasteiger partial charge in [-0.25, -0.2) is 0 Å². The zero-order valence-electron chi connectivity index (χ0n) is 21.5. The molecule has 35 heavy (non-hydrogen) atoms. The van der Waals surface area contributed by atoms with Crippen molar-refractivity contribution in [3.8, 4) is 0 Å². The van der Waals surface area contributed by atoms with Crippen molar-refractivity contribution < 1.29 is 4.79 Å². The number of hydrogen-bond donors (Lipinski definition) is 2. The Morgan fingerprint density at radius 3 is 2.49 bits per heavy atom. The second-order valence-electron chi connectivity index (χ2n) is 10.9. The quantitative estimate of drug-likeness (QED) is 0.365. The van der Waals surface area contributed by atoms with Crippen molar-refractivity contribution >= 4 is 23.2 Å². The Balaban J connectivity index is 1.20. The molecule has 2 aliphatic rings. The predicted octanol–water partition coefficient (Wildman–Crippen LogP) is 6.61. The number of nitrogens with one attached hydrogen (secondary N) is 2. The summed E-state index contributed by atoms with van der Waals surface area (Å²) < 4.78 is 0. The van der Waals surface area contributed by atoms with Crippen LogP contribution in [0.5, 0.6) is 0 Å². The van der Waals surface area contributed by atoms with E-state index in [1.165, 1.54) is 24.1 Å². The number of carbonyl (C=O) groups excluding carboxylic acids is 1. The average molecular weight is 496 g/mol. The molecular formula is C30H42ClN3O. The van der Waals surface area contributed by atoms with Gasteiger partial charge in [-0.3, -0.25) is 4.79 Å². The molecule has 2 fully saturated rings. The average Bonchev–Trinajstić information content (AvgIpc) is 3.37. The van der Waals surface area contributed by atoms with Gasteiger partial charge in [0.1, 0.15) is 0 Å². The number of nitrogens with zero attached hydrogens (tertiary/aromatic N) is 1. The van der Waals surface area contributed by atoms with E-state index in [2.05, 4.69) is 53.6 Å². The lowest BCUT2D eigenvalue weighted by Crippen LogP contribution is -2.43. The van der Waals surface area contributed by atoms with E-state index in [0.29, 0.717) is 11.8 Å². The molecule has 1 aliphatic carbocycles. The smallest absolute Gasteiger partial charge is 0.230 e. The van der Waals surface area contributed by atoms with Crippen molar-refractivity contribution in [1.29, 1.82) is 0 Å². The van der Waals surface area contributed by atoms with Gasteiger partial charge in [-0.15, -0.1) is 0 Å². The van der Waals surface area contributed by atoms with Gasteiger partial charge in [0.15, 0.2) is 0 Å². The second kappa shape index (κ2) is 12.3. The summed E-state index contributed by atoms with van der Waals surface area (Å²) in [5.74, 6) is 1.49. The van der Waals surface area contributed by atoms with Crippen molar-refractivity contribution in [3.63, 3.8) is 0 Å². The number of halogens is 1. The second-order valence-corrected chi connectivity index (χ2v) is 11.4. The highest BCUT2D eigenvalue weighted by atomic mass is 35.5. The molecule has 0 spiro atoms. The van der Waals surface area contributed by atoms with Crippen LogP contribution in [0.4, 0.5) is 5.69 Å². The number of hydrogen-bond acceptors (Lipinski definition) is 3. The molecule has 1 amide bonds. The first-order valence-corrected chi connectivity index (χ1v) is 13.9. The van der Waals surface area contributed by atoms with E-state index in [4.69, 9.17) is 11.6 Å². The number of carbonyl (C=O) groups is 1. The number of amides is 1. The Labute approximate surface area is 216 Å². The summed E-state index contributed by atoms with van der Waals surface area (Å²) in [4.78, 5) is 15.8. The molecule has 0 radical (unpaired) electrons. The molecule has 2 aromatic carbocycles. The summed E-state index contributed by atoms with van der Waals surface area (Å²) in [7, 11) is 0. The molecule has 2 aromatic rings. The first-order chi connectivity index (χ1) is 17.0. The van der Waals surface area contributed by atoms with Crippen LogP contribution in [0.2, 0.25) is 5.02 Å². The fraction of sp³-hybridized carbons (Fsp3) is 0.567. The number of rotatable bonds is 10. The van der Waals surface area contributed by atoms with Gasteiger partial charge in [-0.1, -0.05) is 62.6 Å². The summed E-state index contributed by atoms with van der Waals surface area (Å²) in [6.45, 7) is 9.57. The van der Waals surface area contributed by atoms with Crippen LogP contribution in [0.15, 0.2) is 48.5 Å². The fourth-order valence-electron chi connectivity index (χ4n) is 5.78. The normalized spacial score (nSPS) is 18.6. The third-order valence-corrected chi connectivity index (χ3v) is 8.14. The minimum atomic E-state index is -0.374. The standard InChI is InChI=1S/C30H42ClN3O/c1-23(2)22-33-28-8-5-7-25(21-28)24-13-19-34(20-14-24)18-6-17-32-29(35)30(15-3-4-16-30)26-9-11-27(31)12-10-26/h5,7-12,21,23-24,33H,3-4,6,13-20,22H2,1-2H3,(H,32,35). The summed E-state index contributed by atoms with van der Waals surface area (Å²) in [5, 5.41) is 7.56. The van der Waals surface area contributed by atoms with Crippen molar-refractivity contribution in [2.45, 2.75) is 70.1 Å². The molecule has 0 bridgehead atoms. The zero-order valence-corrected chi connectivity index (χ0v) is 22.2.